The summed E-state index contributed by atoms with van der Waals surface area (Å²) in [4.78, 5) is 11.3. The zero-order chi connectivity index (χ0) is 9.52. The molecule has 0 aromatic carbocycles. The molecule has 3 nitrogen and oxygen atoms in total. The molecule has 76 valence electrons. The molecule has 0 aliphatic carbocycles. The molecule has 1 aliphatic rings. The first kappa shape index (κ1) is 10.5. The molecule has 0 spiro atoms. The number of ether oxygens (including phenoxy) is 1. The van der Waals surface area contributed by atoms with Gasteiger partial charge in [-0.1, -0.05) is 6.92 Å². The minimum atomic E-state index is 0.203. The highest BCUT2D eigenvalue weighted by Gasteiger charge is 2.16. The van der Waals surface area contributed by atoms with Crippen molar-refractivity contribution >= 4 is 5.91 Å². The topological polar surface area (TPSA) is 38.3 Å². The van der Waals surface area contributed by atoms with Gasteiger partial charge in [-0.2, -0.15) is 0 Å². The van der Waals surface area contributed by atoms with E-state index in [-0.39, 0.29) is 5.91 Å². The Balaban J connectivity index is 2.11. The number of carbonyl (C=O) groups excluding carboxylic acids is 1. The summed E-state index contributed by atoms with van der Waals surface area (Å²) in [5, 5.41) is 2.90. The molecule has 3 heteroatoms. The molecule has 0 radical (unpaired) electrons. The summed E-state index contributed by atoms with van der Waals surface area (Å²) in [6, 6.07) is 0. The maximum atomic E-state index is 11.3. The Morgan fingerprint density at radius 2 is 2.15 bits per heavy atom. The fourth-order valence-electron chi connectivity index (χ4n) is 1.55. The van der Waals surface area contributed by atoms with E-state index in [0.717, 1.165) is 39.0 Å². The second-order valence-electron chi connectivity index (χ2n) is 3.61. The lowest BCUT2D eigenvalue weighted by atomic mass is 9.96. The van der Waals surface area contributed by atoms with Gasteiger partial charge in [0.05, 0.1) is 0 Å². The number of hydrogen-bond donors (Lipinski definition) is 1. The largest absolute Gasteiger partial charge is 0.381 e. The van der Waals surface area contributed by atoms with Gasteiger partial charge in [-0.25, -0.2) is 0 Å². The van der Waals surface area contributed by atoms with Crippen LogP contribution in [0.25, 0.3) is 0 Å². The van der Waals surface area contributed by atoms with E-state index in [0.29, 0.717) is 12.3 Å². The van der Waals surface area contributed by atoms with E-state index in [9.17, 15) is 4.79 Å². The van der Waals surface area contributed by atoms with Crippen molar-refractivity contribution in [3.8, 4) is 0 Å². The van der Waals surface area contributed by atoms with Crippen LogP contribution >= 0.6 is 0 Å². The van der Waals surface area contributed by atoms with Crippen LogP contribution in [0.15, 0.2) is 0 Å². The third-order valence-corrected chi connectivity index (χ3v) is 2.39. The van der Waals surface area contributed by atoms with Crippen molar-refractivity contribution in [1.82, 2.24) is 5.32 Å². The highest BCUT2D eigenvalue weighted by molar-refractivity contribution is 5.76. The normalized spacial score (nSPS) is 18.5. The molecule has 1 rings (SSSR count). The van der Waals surface area contributed by atoms with Crippen LogP contribution in [-0.2, 0) is 9.53 Å². The minimum absolute atomic E-state index is 0.203. The molecule has 1 heterocycles. The smallest absolute Gasteiger partial charge is 0.220 e. The van der Waals surface area contributed by atoms with Crippen LogP contribution in [0, 0.1) is 5.92 Å². The zero-order valence-electron chi connectivity index (χ0n) is 8.34. The second kappa shape index (κ2) is 5.97. The van der Waals surface area contributed by atoms with Gasteiger partial charge in [0.15, 0.2) is 0 Å². The van der Waals surface area contributed by atoms with Crippen LogP contribution in [-0.4, -0.2) is 25.7 Å². The van der Waals surface area contributed by atoms with E-state index in [1.807, 2.05) is 0 Å². The lowest BCUT2D eigenvalue weighted by Gasteiger charge is -2.21. The minimum Gasteiger partial charge on any atom is -0.381 e. The molecule has 0 saturated carbocycles. The first-order chi connectivity index (χ1) is 6.33. The molecule has 1 fully saturated rings. The lowest BCUT2D eigenvalue weighted by molar-refractivity contribution is -0.122. The van der Waals surface area contributed by atoms with Gasteiger partial charge in [0, 0.05) is 26.2 Å². The van der Waals surface area contributed by atoms with Gasteiger partial charge in [-0.3, -0.25) is 4.79 Å². The van der Waals surface area contributed by atoms with Crippen LogP contribution in [0.3, 0.4) is 0 Å². The standard InChI is InChI=1S/C10H19NO2/c1-2-5-11-10(12)8-9-3-6-13-7-4-9/h9H,2-8H2,1H3,(H,11,12). The van der Waals surface area contributed by atoms with Crippen molar-refractivity contribution in [3.63, 3.8) is 0 Å². The summed E-state index contributed by atoms with van der Waals surface area (Å²) >= 11 is 0. The summed E-state index contributed by atoms with van der Waals surface area (Å²) < 4.78 is 5.23. The van der Waals surface area contributed by atoms with Gasteiger partial charge in [0.1, 0.15) is 0 Å². The van der Waals surface area contributed by atoms with Gasteiger partial charge in [0.25, 0.3) is 0 Å². The Labute approximate surface area is 79.8 Å². The Morgan fingerprint density at radius 1 is 1.46 bits per heavy atom. The van der Waals surface area contributed by atoms with E-state index in [4.69, 9.17) is 4.74 Å². The van der Waals surface area contributed by atoms with E-state index >= 15 is 0 Å². The summed E-state index contributed by atoms with van der Waals surface area (Å²) in [5.41, 5.74) is 0. The number of amides is 1. The Bertz CT molecular complexity index is 153. The molecular formula is C10H19NO2. The summed E-state index contributed by atoms with van der Waals surface area (Å²) in [6.07, 6.45) is 3.78. The van der Waals surface area contributed by atoms with Crippen molar-refractivity contribution < 1.29 is 9.53 Å². The van der Waals surface area contributed by atoms with Crippen LogP contribution in [0.1, 0.15) is 32.6 Å². The van der Waals surface area contributed by atoms with Crippen molar-refractivity contribution in [1.29, 1.82) is 0 Å². The van der Waals surface area contributed by atoms with Gasteiger partial charge >= 0.3 is 0 Å². The summed E-state index contributed by atoms with van der Waals surface area (Å²) in [6.45, 7) is 4.52. The molecule has 1 saturated heterocycles. The molecular weight excluding hydrogens is 166 g/mol. The van der Waals surface area contributed by atoms with Crippen molar-refractivity contribution in [2.75, 3.05) is 19.8 Å². The summed E-state index contributed by atoms with van der Waals surface area (Å²) in [7, 11) is 0. The fourth-order valence-corrected chi connectivity index (χ4v) is 1.55. The summed E-state index contributed by atoms with van der Waals surface area (Å²) in [5.74, 6) is 0.749. The fraction of sp³-hybridized carbons (Fsp3) is 0.900. The quantitative estimate of drug-likeness (QED) is 0.717. The van der Waals surface area contributed by atoms with E-state index in [1.54, 1.807) is 0 Å². The molecule has 0 unspecified atom stereocenters. The van der Waals surface area contributed by atoms with Gasteiger partial charge < -0.3 is 10.1 Å². The molecule has 0 bridgehead atoms. The number of rotatable bonds is 4. The first-order valence-electron chi connectivity index (χ1n) is 5.17. The van der Waals surface area contributed by atoms with Gasteiger partial charge in [0.2, 0.25) is 5.91 Å². The average molecular weight is 185 g/mol. The molecule has 1 aliphatic heterocycles. The Kier molecular flexibility index (Phi) is 4.83. The lowest BCUT2D eigenvalue weighted by Crippen LogP contribution is -2.28. The van der Waals surface area contributed by atoms with E-state index in [2.05, 4.69) is 12.2 Å². The maximum absolute atomic E-state index is 11.3. The van der Waals surface area contributed by atoms with Crippen LogP contribution in [0.4, 0.5) is 0 Å². The molecule has 1 amide bonds. The third-order valence-electron chi connectivity index (χ3n) is 2.39. The van der Waals surface area contributed by atoms with Crippen molar-refractivity contribution in [3.05, 3.63) is 0 Å². The molecule has 0 aromatic rings. The predicted molar refractivity (Wildman–Crippen MR) is 51.5 cm³/mol. The Morgan fingerprint density at radius 3 is 2.77 bits per heavy atom. The Hall–Kier alpha value is -0.570. The van der Waals surface area contributed by atoms with E-state index < -0.39 is 0 Å². The van der Waals surface area contributed by atoms with E-state index in [1.165, 1.54) is 0 Å². The number of carbonyl (C=O) groups is 1. The second-order valence-corrected chi connectivity index (χ2v) is 3.61. The highest BCUT2D eigenvalue weighted by atomic mass is 16.5. The van der Waals surface area contributed by atoms with Crippen molar-refractivity contribution in [2.45, 2.75) is 32.6 Å². The van der Waals surface area contributed by atoms with Crippen LogP contribution in [0.2, 0.25) is 0 Å². The molecule has 1 N–H and O–H groups in total. The SMILES string of the molecule is CCCNC(=O)CC1CCOCC1. The first-order valence-corrected chi connectivity index (χ1v) is 5.17. The van der Waals surface area contributed by atoms with Gasteiger partial charge in [-0.05, 0) is 25.2 Å². The van der Waals surface area contributed by atoms with Gasteiger partial charge in [-0.15, -0.1) is 0 Å². The zero-order valence-corrected chi connectivity index (χ0v) is 8.34. The van der Waals surface area contributed by atoms with Crippen molar-refractivity contribution in [2.24, 2.45) is 5.92 Å². The van der Waals surface area contributed by atoms with Crippen LogP contribution < -0.4 is 5.32 Å². The number of nitrogens with one attached hydrogen (secondary N) is 1. The monoisotopic (exact) mass is 185 g/mol. The maximum Gasteiger partial charge on any atom is 0.220 e. The highest BCUT2D eigenvalue weighted by Crippen LogP contribution is 2.17. The molecule has 13 heavy (non-hydrogen) atoms. The third kappa shape index (κ3) is 4.27. The number of hydrogen-bond acceptors (Lipinski definition) is 2. The van der Waals surface area contributed by atoms with Crippen LogP contribution in [0.5, 0.6) is 0 Å². The average Bonchev–Trinajstić information content (AvgIpc) is 2.16. The predicted octanol–water partition coefficient (Wildman–Crippen LogP) is 1.33. The molecule has 0 atom stereocenters. The molecule has 0 aromatic heterocycles.